The van der Waals surface area contributed by atoms with Crippen molar-refractivity contribution < 1.29 is 23.3 Å². The molecule has 4 aromatic rings. The van der Waals surface area contributed by atoms with E-state index >= 15 is 0 Å². The molecule has 0 aliphatic carbocycles. The van der Waals surface area contributed by atoms with E-state index in [1.165, 1.54) is 0 Å². The third-order valence-corrected chi connectivity index (χ3v) is 4.63. The normalized spacial score (nSPS) is 11.8. The molecule has 9 nitrogen and oxygen atoms in total. The van der Waals surface area contributed by atoms with Crippen LogP contribution in [0.1, 0.15) is 46.3 Å². The Hall–Kier alpha value is -4.01. The summed E-state index contributed by atoms with van der Waals surface area (Å²) in [7, 11) is 0. The molecule has 9 heteroatoms. The fourth-order valence-corrected chi connectivity index (χ4v) is 2.87. The molecule has 0 aliphatic rings. The first kappa shape index (κ1) is 20.3. The Morgan fingerprint density at radius 2 is 2.00 bits per heavy atom. The number of aromatic nitrogens is 4. The molecule has 0 N–H and O–H groups in total. The fraction of sp³-hybridized carbons (Fsp3) is 0.227. The van der Waals surface area contributed by atoms with Crippen LogP contribution in [-0.2, 0) is 11.3 Å². The van der Waals surface area contributed by atoms with E-state index in [9.17, 15) is 4.79 Å². The molecular weight excluding hydrogens is 400 g/mol. The highest BCUT2D eigenvalue weighted by Crippen LogP contribution is 2.23. The predicted octanol–water partition coefficient (Wildman–Crippen LogP) is 4.23. The average Bonchev–Trinajstić information content (AvgIpc) is 3.40. The number of hydrogen-bond acceptors (Lipinski definition) is 9. The molecule has 1 atom stereocenters. The van der Waals surface area contributed by atoms with Crippen LogP contribution in [0, 0.1) is 13.8 Å². The molecule has 31 heavy (non-hydrogen) atoms. The first-order chi connectivity index (χ1) is 15.0. The highest BCUT2D eigenvalue weighted by Gasteiger charge is 2.20. The van der Waals surface area contributed by atoms with Gasteiger partial charge in [-0.15, -0.1) is 0 Å². The van der Waals surface area contributed by atoms with Gasteiger partial charge in [-0.2, -0.15) is 4.98 Å². The van der Waals surface area contributed by atoms with Crippen LogP contribution >= 0.6 is 0 Å². The van der Waals surface area contributed by atoms with Gasteiger partial charge in [-0.25, -0.2) is 4.79 Å². The largest absolute Gasteiger partial charge is 0.489 e. The van der Waals surface area contributed by atoms with Crippen molar-refractivity contribution in [3.8, 4) is 17.1 Å². The summed E-state index contributed by atoms with van der Waals surface area (Å²) in [6.07, 6.45) is 2.55. The van der Waals surface area contributed by atoms with Crippen LogP contribution in [0.15, 0.2) is 57.8 Å². The minimum atomic E-state index is -0.725. The maximum Gasteiger partial charge on any atom is 0.339 e. The van der Waals surface area contributed by atoms with Gasteiger partial charge in [0.05, 0.1) is 16.8 Å². The predicted molar refractivity (Wildman–Crippen MR) is 108 cm³/mol. The number of rotatable bonds is 7. The molecule has 0 spiro atoms. The van der Waals surface area contributed by atoms with Crippen LogP contribution in [0.4, 0.5) is 0 Å². The number of esters is 1. The van der Waals surface area contributed by atoms with Crippen molar-refractivity contribution in [1.82, 2.24) is 20.3 Å². The average molecular weight is 420 g/mol. The lowest BCUT2D eigenvalue weighted by molar-refractivity contribution is 0.0265. The minimum absolute atomic E-state index is 0.193. The topological polar surface area (TPSA) is 113 Å². The summed E-state index contributed by atoms with van der Waals surface area (Å²) < 4.78 is 21.6. The van der Waals surface area contributed by atoms with Crippen LogP contribution in [0.3, 0.4) is 0 Å². The Bertz CT molecular complexity index is 1170. The molecule has 3 heterocycles. The standard InChI is InChI=1S/C22H20N4O5/c1-13-19(14(2)30-25-13)12-28-18-8-4-6-16(10-18)22(27)29-15(3)21-24-20(26-31-21)17-7-5-9-23-11-17/h4-11,15H,12H2,1-3H3. The van der Waals surface area contributed by atoms with E-state index in [1.54, 1.807) is 49.6 Å². The maximum atomic E-state index is 12.6. The van der Waals surface area contributed by atoms with E-state index in [0.717, 1.165) is 11.3 Å². The van der Waals surface area contributed by atoms with Crippen molar-refractivity contribution in [3.63, 3.8) is 0 Å². The highest BCUT2D eigenvalue weighted by molar-refractivity contribution is 5.90. The van der Waals surface area contributed by atoms with E-state index in [-0.39, 0.29) is 12.5 Å². The molecule has 0 radical (unpaired) electrons. The molecule has 158 valence electrons. The fourth-order valence-electron chi connectivity index (χ4n) is 2.87. The molecule has 0 fully saturated rings. The van der Waals surface area contributed by atoms with Crippen molar-refractivity contribution in [1.29, 1.82) is 0 Å². The van der Waals surface area contributed by atoms with Gasteiger partial charge in [-0.1, -0.05) is 16.4 Å². The van der Waals surface area contributed by atoms with Gasteiger partial charge in [0.25, 0.3) is 5.89 Å². The SMILES string of the molecule is Cc1noc(C)c1COc1cccc(C(=O)OC(C)c2nc(-c3cccnc3)no2)c1. The lowest BCUT2D eigenvalue weighted by atomic mass is 10.2. The first-order valence-corrected chi connectivity index (χ1v) is 9.61. The van der Waals surface area contributed by atoms with Crippen molar-refractivity contribution in [2.45, 2.75) is 33.5 Å². The van der Waals surface area contributed by atoms with E-state index in [2.05, 4.69) is 20.3 Å². The van der Waals surface area contributed by atoms with Crippen LogP contribution < -0.4 is 4.74 Å². The van der Waals surface area contributed by atoms with Gasteiger partial charge in [-0.05, 0) is 51.1 Å². The molecule has 0 amide bonds. The Balaban J connectivity index is 1.40. The summed E-state index contributed by atoms with van der Waals surface area (Å²) in [6.45, 7) is 5.62. The molecule has 3 aromatic heterocycles. The minimum Gasteiger partial charge on any atom is -0.489 e. The number of pyridine rings is 1. The van der Waals surface area contributed by atoms with Gasteiger partial charge < -0.3 is 18.5 Å². The summed E-state index contributed by atoms with van der Waals surface area (Å²) in [5, 5.41) is 7.82. The Labute approximate surface area is 178 Å². The molecular formula is C22H20N4O5. The summed E-state index contributed by atoms with van der Waals surface area (Å²) in [5.74, 6) is 1.26. The number of nitrogens with zero attached hydrogens (tertiary/aromatic N) is 4. The summed E-state index contributed by atoms with van der Waals surface area (Å²) >= 11 is 0. The van der Waals surface area contributed by atoms with Gasteiger partial charge in [0.15, 0.2) is 6.10 Å². The van der Waals surface area contributed by atoms with E-state index in [4.69, 9.17) is 18.5 Å². The molecule has 0 saturated carbocycles. The Morgan fingerprint density at radius 1 is 1.13 bits per heavy atom. The maximum absolute atomic E-state index is 12.6. The van der Waals surface area contributed by atoms with E-state index in [1.807, 2.05) is 19.9 Å². The Kier molecular flexibility index (Phi) is 5.74. The van der Waals surface area contributed by atoms with Gasteiger partial charge in [0.1, 0.15) is 18.1 Å². The Morgan fingerprint density at radius 3 is 2.74 bits per heavy atom. The first-order valence-electron chi connectivity index (χ1n) is 9.61. The summed E-state index contributed by atoms with van der Waals surface area (Å²) in [4.78, 5) is 20.9. The van der Waals surface area contributed by atoms with Gasteiger partial charge >= 0.3 is 5.97 Å². The number of benzene rings is 1. The third kappa shape index (κ3) is 4.61. The zero-order chi connectivity index (χ0) is 21.8. The van der Waals surface area contributed by atoms with E-state index in [0.29, 0.717) is 28.5 Å². The van der Waals surface area contributed by atoms with Crippen LogP contribution in [0.2, 0.25) is 0 Å². The number of carbonyl (C=O) groups is 1. The summed E-state index contributed by atoms with van der Waals surface area (Å²) in [5.41, 5.74) is 2.70. The zero-order valence-electron chi connectivity index (χ0n) is 17.2. The lowest BCUT2D eigenvalue weighted by Crippen LogP contribution is -2.10. The van der Waals surface area contributed by atoms with Gasteiger partial charge in [0, 0.05) is 18.0 Å². The molecule has 1 aromatic carbocycles. The number of carbonyl (C=O) groups excluding carboxylic acids is 1. The van der Waals surface area contributed by atoms with Gasteiger partial charge in [-0.3, -0.25) is 4.98 Å². The number of hydrogen-bond donors (Lipinski definition) is 0. The van der Waals surface area contributed by atoms with Crippen LogP contribution in [-0.4, -0.2) is 26.3 Å². The molecule has 0 bridgehead atoms. The molecule has 0 aliphatic heterocycles. The van der Waals surface area contributed by atoms with Crippen molar-refractivity contribution in [2.24, 2.45) is 0 Å². The van der Waals surface area contributed by atoms with Crippen molar-refractivity contribution in [2.75, 3.05) is 0 Å². The van der Waals surface area contributed by atoms with Crippen LogP contribution in [0.5, 0.6) is 5.75 Å². The molecule has 4 rings (SSSR count). The monoisotopic (exact) mass is 420 g/mol. The zero-order valence-corrected chi connectivity index (χ0v) is 17.2. The van der Waals surface area contributed by atoms with Crippen LogP contribution in [0.25, 0.3) is 11.4 Å². The second kappa shape index (κ2) is 8.78. The van der Waals surface area contributed by atoms with Gasteiger partial charge in [0.2, 0.25) is 5.82 Å². The quantitative estimate of drug-likeness (QED) is 0.405. The third-order valence-electron chi connectivity index (χ3n) is 4.63. The second-order valence-electron chi connectivity index (χ2n) is 6.86. The summed E-state index contributed by atoms with van der Waals surface area (Å²) in [6, 6.07) is 10.3. The molecule has 1 unspecified atom stereocenters. The highest BCUT2D eigenvalue weighted by atomic mass is 16.6. The van der Waals surface area contributed by atoms with Crippen molar-refractivity contribution in [3.05, 3.63) is 77.3 Å². The van der Waals surface area contributed by atoms with Crippen molar-refractivity contribution >= 4 is 5.97 Å². The number of aryl methyl sites for hydroxylation is 2. The number of ether oxygens (including phenoxy) is 2. The second-order valence-corrected chi connectivity index (χ2v) is 6.86. The lowest BCUT2D eigenvalue weighted by Gasteiger charge is -2.11. The van der Waals surface area contributed by atoms with E-state index < -0.39 is 12.1 Å². The smallest absolute Gasteiger partial charge is 0.339 e. The molecule has 0 saturated heterocycles.